The van der Waals surface area contributed by atoms with Gasteiger partial charge in [-0.05, 0) is 32.1 Å². The largest absolute Gasteiger partial charge is 0.508 e. The molecule has 0 aromatic heterocycles. The van der Waals surface area contributed by atoms with Crippen LogP contribution in [0.5, 0.6) is 5.75 Å². The highest BCUT2D eigenvalue weighted by molar-refractivity contribution is 6.30. The Morgan fingerprint density at radius 1 is 1.56 bits per heavy atom. The fourth-order valence-electron chi connectivity index (χ4n) is 1.46. The van der Waals surface area contributed by atoms with Crippen molar-refractivity contribution < 1.29 is 9.90 Å². The molecule has 1 amide bonds. The lowest BCUT2D eigenvalue weighted by atomic mass is 9.93. The van der Waals surface area contributed by atoms with Gasteiger partial charge < -0.3 is 10.4 Å². The molecule has 0 aliphatic carbocycles. The average Bonchev–Trinajstić information content (AvgIpc) is 2.16. The van der Waals surface area contributed by atoms with Crippen molar-refractivity contribution in [1.82, 2.24) is 5.32 Å². The molecular formula is C12H14ClNO2. The van der Waals surface area contributed by atoms with E-state index in [9.17, 15) is 9.90 Å². The second-order valence-corrected chi connectivity index (χ2v) is 4.42. The molecule has 0 unspecified atom stereocenters. The smallest absolute Gasteiger partial charge is 0.244 e. The SMILES string of the molecule is C=CC(=O)NC(C)(C)c1ccc(Cl)cc1O. The van der Waals surface area contributed by atoms with Gasteiger partial charge in [0.15, 0.2) is 0 Å². The monoisotopic (exact) mass is 239 g/mol. The highest BCUT2D eigenvalue weighted by Gasteiger charge is 2.24. The summed E-state index contributed by atoms with van der Waals surface area (Å²) in [4.78, 5) is 11.2. The van der Waals surface area contributed by atoms with E-state index in [0.717, 1.165) is 0 Å². The zero-order valence-electron chi connectivity index (χ0n) is 9.25. The van der Waals surface area contributed by atoms with Crippen molar-refractivity contribution in [2.45, 2.75) is 19.4 Å². The van der Waals surface area contributed by atoms with E-state index in [1.807, 2.05) is 0 Å². The number of amides is 1. The molecule has 4 heteroatoms. The van der Waals surface area contributed by atoms with Gasteiger partial charge in [-0.1, -0.05) is 24.2 Å². The van der Waals surface area contributed by atoms with E-state index in [0.29, 0.717) is 10.6 Å². The van der Waals surface area contributed by atoms with E-state index in [1.54, 1.807) is 26.0 Å². The number of rotatable bonds is 3. The number of halogens is 1. The molecule has 0 aliphatic heterocycles. The molecule has 0 heterocycles. The number of phenols is 1. The van der Waals surface area contributed by atoms with Gasteiger partial charge in [-0.25, -0.2) is 0 Å². The molecule has 1 aromatic rings. The Balaban J connectivity index is 3.06. The number of hydrogen-bond acceptors (Lipinski definition) is 2. The Labute approximate surface area is 99.7 Å². The molecule has 3 nitrogen and oxygen atoms in total. The Kier molecular flexibility index (Phi) is 3.60. The molecule has 1 rings (SSSR count). The summed E-state index contributed by atoms with van der Waals surface area (Å²) in [7, 11) is 0. The number of benzene rings is 1. The molecule has 16 heavy (non-hydrogen) atoms. The Hall–Kier alpha value is -1.48. The summed E-state index contributed by atoms with van der Waals surface area (Å²) in [6.07, 6.45) is 1.19. The van der Waals surface area contributed by atoms with Crippen LogP contribution in [0, 0.1) is 0 Å². The maximum atomic E-state index is 11.2. The lowest BCUT2D eigenvalue weighted by Crippen LogP contribution is -2.40. The molecule has 0 radical (unpaired) electrons. The predicted octanol–water partition coefficient (Wildman–Crippen LogP) is 2.58. The van der Waals surface area contributed by atoms with E-state index >= 15 is 0 Å². The van der Waals surface area contributed by atoms with Crippen molar-refractivity contribution in [2.24, 2.45) is 0 Å². The average molecular weight is 240 g/mol. The molecular weight excluding hydrogens is 226 g/mol. The van der Waals surface area contributed by atoms with E-state index in [4.69, 9.17) is 11.6 Å². The summed E-state index contributed by atoms with van der Waals surface area (Å²) < 4.78 is 0. The Morgan fingerprint density at radius 3 is 2.69 bits per heavy atom. The van der Waals surface area contributed by atoms with Crippen LogP contribution in [0.15, 0.2) is 30.9 Å². The summed E-state index contributed by atoms with van der Waals surface area (Å²) in [6, 6.07) is 4.79. The highest BCUT2D eigenvalue weighted by atomic mass is 35.5. The van der Waals surface area contributed by atoms with E-state index in [-0.39, 0.29) is 11.7 Å². The van der Waals surface area contributed by atoms with Gasteiger partial charge in [0, 0.05) is 10.6 Å². The van der Waals surface area contributed by atoms with Crippen molar-refractivity contribution in [3.8, 4) is 5.75 Å². The van der Waals surface area contributed by atoms with Crippen molar-refractivity contribution in [1.29, 1.82) is 0 Å². The number of carbonyl (C=O) groups is 1. The first-order valence-electron chi connectivity index (χ1n) is 4.80. The van der Waals surface area contributed by atoms with Crippen LogP contribution in [-0.4, -0.2) is 11.0 Å². The molecule has 0 atom stereocenters. The van der Waals surface area contributed by atoms with Crippen LogP contribution in [0.25, 0.3) is 0 Å². The van der Waals surface area contributed by atoms with Crippen molar-refractivity contribution in [2.75, 3.05) is 0 Å². The quantitative estimate of drug-likeness (QED) is 0.797. The summed E-state index contributed by atoms with van der Waals surface area (Å²) >= 11 is 5.74. The van der Waals surface area contributed by atoms with E-state index in [1.165, 1.54) is 12.1 Å². The minimum atomic E-state index is -0.681. The van der Waals surface area contributed by atoms with E-state index < -0.39 is 5.54 Å². The van der Waals surface area contributed by atoms with Gasteiger partial charge in [0.2, 0.25) is 5.91 Å². The third kappa shape index (κ3) is 2.76. The normalized spacial score (nSPS) is 10.9. The number of aromatic hydroxyl groups is 1. The van der Waals surface area contributed by atoms with Crippen LogP contribution in [0.3, 0.4) is 0 Å². The van der Waals surface area contributed by atoms with Crippen LogP contribution < -0.4 is 5.32 Å². The molecule has 0 aliphatic rings. The lowest BCUT2D eigenvalue weighted by molar-refractivity contribution is -0.118. The maximum Gasteiger partial charge on any atom is 0.244 e. The Bertz CT molecular complexity index is 427. The van der Waals surface area contributed by atoms with Gasteiger partial charge in [-0.2, -0.15) is 0 Å². The number of nitrogens with one attached hydrogen (secondary N) is 1. The number of carbonyl (C=O) groups excluding carboxylic acids is 1. The first kappa shape index (κ1) is 12.6. The molecule has 0 spiro atoms. The highest BCUT2D eigenvalue weighted by Crippen LogP contribution is 2.30. The fourth-order valence-corrected chi connectivity index (χ4v) is 1.63. The minimum Gasteiger partial charge on any atom is -0.508 e. The number of phenolic OH excluding ortho intramolecular Hbond substituents is 1. The fraction of sp³-hybridized carbons (Fsp3) is 0.250. The molecule has 0 fully saturated rings. The molecule has 0 bridgehead atoms. The summed E-state index contributed by atoms with van der Waals surface area (Å²) in [5, 5.41) is 12.9. The van der Waals surface area contributed by atoms with Gasteiger partial charge in [0.25, 0.3) is 0 Å². The zero-order chi connectivity index (χ0) is 12.3. The van der Waals surface area contributed by atoms with Crippen molar-refractivity contribution >= 4 is 17.5 Å². The van der Waals surface area contributed by atoms with Gasteiger partial charge in [-0.15, -0.1) is 0 Å². The van der Waals surface area contributed by atoms with E-state index in [2.05, 4.69) is 11.9 Å². The number of hydrogen-bond donors (Lipinski definition) is 2. The molecule has 0 saturated heterocycles. The third-order valence-electron chi connectivity index (χ3n) is 2.25. The summed E-state index contributed by atoms with van der Waals surface area (Å²) in [5.41, 5.74) is -0.0768. The first-order chi connectivity index (χ1) is 7.36. The van der Waals surface area contributed by atoms with Crippen LogP contribution in [0.1, 0.15) is 19.4 Å². The van der Waals surface area contributed by atoms with Crippen molar-refractivity contribution in [3.05, 3.63) is 41.4 Å². The molecule has 86 valence electrons. The minimum absolute atomic E-state index is 0.0573. The van der Waals surface area contributed by atoms with Gasteiger partial charge >= 0.3 is 0 Å². The summed E-state index contributed by atoms with van der Waals surface area (Å²) in [5.74, 6) is -0.235. The van der Waals surface area contributed by atoms with Crippen LogP contribution in [0.4, 0.5) is 0 Å². The molecule has 0 saturated carbocycles. The zero-order valence-corrected chi connectivity index (χ0v) is 10.0. The Morgan fingerprint density at radius 2 is 2.19 bits per heavy atom. The second kappa shape index (κ2) is 4.58. The molecule has 2 N–H and O–H groups in total. The van der Waals surface area contributed by atoms with Gasteiger partial charge in [-0.3, -0.25) is 4.79 Å². The summed E-state index contributed by atoms with van der Waals surface area (Å²) in [6.45, 7) is 6.96. The van der Waals surface area contributed by atoms with Gasteiger partial charge in [0.1, 0.15) is 5.75 Å². The van der Waals surface area contributed by atoms with Crippen LogP contribution >= 0.6 is 11.6 Å². The van der Waals surface area contributed by atoms with Crippen molar-refractivity contribution in [3.63, 3.8) is 0 Å². The van der Waals surface area contributed by atoms with Crippen LogP contribution in [0.2, 0.25) is 5.02 Å². The second-order valence-electron chi connectivity index (χ2n) is 3.98. The maximum absolute atomic E-state index is 11.2. The predicted molar refractivity (Wildman–Crippen MR) is 64.5 cm³/mol. The topological polar surface area (TPSA) is 49.3 Å². The standard InChI is InChI=1S/C12H14ClNO2/c1-4-11(16)14-12(2,3)9-6-5-8(13)7-10(9)15/h4-7,15H,1H2,2-3H3,(H,14,16). The third-order valence-corrected chi connectivity index (χ3v) is 2.49. The first-order valence-corrected chi connectivity index (χ1v) is 5.18. The lowest BCUT2D eigenvalue weighted by Gasteiger charge is -2.27. The molecule has 1 aromatic carbocycles. The van der Waals surface area contributed by atoms with Crippen LogP contribution in [-0.2, 0) is 10.3 Å². The van der Waals surface area contributed by atoms with Gasteiger partial charge in [0.05, 0.1) is 5.54 Å².